The van der Waals surface area contributed by atoms with Gasteiger partial charge in [0.25, 0.3) is 0 Å². The predicted molar refractivity (Wildman–Crippen MR) is 92.7 cm³/mol. The third kappa shape index (κ3) is 3.56. The summed E-state index contributed by atoms with van der Waals surface area (Å²) in [7, 11) is 0. The molecule has 1 aliphatic heterocycles. The summed E-state index contributed by atoms with van der Waals surface area (Å²) in [4.78, 5) is 21.0. The van der Waals surface area contributed by atoms with Crippen LogP contribution in [0, 0.1) is 5.92 Å². The van der Waals surface area contributed by atoms with Crippen LogP contribution in [-0.2, 0) is 4.74 Å². The highest BCUT2D eigenvalue weighted by Crippen LogP contribution is 2.37. The molecule has 1 saturated heterocycles. The van der Waals surface area contributed by atoms with Gasteiger partial charge in [-0.05, 0) is 49.8 Å². The van der Waals surface area contributed by atoms with E-state index in [2.05, 4.69) is 16.0 Å². The van der Waals surface area contributed by atoms with Gasteiger partial charge in [-0.25, -0.2) is 4.98 Å². The number of carbonyl (C=O) groups excluding carboxylic acids is 1. The van der Waals surface area contributed by atoms with E-state index in [4.69, 9.17) is 9.47 Å². The van der Waals surface area contributed by atoms with Crippen LogP contribution < -0.4 is 4.74 Å². The van der Waals surface area contributed by atoms with E-state index in [1.807, 2.05) is 18.2 Å². The minimum absolute atomic E-state index is 0.00939. The highest BCUT2D eigenvalue weighted by molar-refractivity contribution is 5.96. The van der Waals surface area contributed by atoms with Gasteiger partial charge in [0, 0.05) is 37.1 Å². The van der Waals surface area contributed by atoms with E-state index in [1.54, 1.807) is 18.5 Å². The van der Waals surface area contributed by atoms with Gasteiger partial charge in [0.1, 0.15) is 11.8 Å². The van der Waals surface area contributed by atoms with Crippen LogP contribution in [0.5, 0.6) is 5.88 Å². The highest BCUT2D eigenvalue weighted by atomic mass is 16.5. The van der Waals surface area contributed by atoms with Gasteiger partial charge in [0.2, 0.25) is 5.88 Å². The minimum Gasteiger partial charge on any atom is -0.474 e. The first-order chi connectivity index (χ1) is 12.3. The number of hydrogen-bond donors (Lipinski definition) is 0. The SMILES string of the molecule is O=C(c1ccccn1)C1CC(Oc2ncccc2C2CCOCC2)C1. The van der Waals surface area contributed by atoms with Crippen molar-refractivity contribution in [3.63, 3.8) is 0 Å². The van der Waals surface area contributed by atoms with Crippen LogP contribution in [0.4, 0.5) is 0 Å². The molecule has 130 valence electrons. The largest absolute Gasteiger partial charge is 0.474 e. The van der Waals surface area contributed by atoms with Crippen molar-refractivity contribution in [3.05, 3.63) is 54.0 Å². The van der Waals surface area contributed by atoms with Gasteiger partial charge in [-0.1, -0.05) is 12.1 Å². The van der Waals surface area contributed by atoms with Crippen molar-refractivity contribution in [2.75, 3.05) is 13.2 Å². The maximum Gasteiger partial charge on any atom is 0.217 e. The first-order valence-electron chi connectivity index (χ1n) is 8.96. The van der Waals surface area contributed by atoms with E-state index in [-0.39, 0.29) is 17.8 Å². The van der Waals surface area contributed by atoms with Crippen molar-refractivity contribution in [1.82, 2.24) is 9.97 Å². The average molecular weight is 338 g/mol. The second-order valence-electron chi connectivity index (χ2n) is 6.77. The number of Topliss-reactive ketones (excluding diaryl/α,β-unsaturated/α-hetero) is 1. The highest BCUT2D eigenvalue weighted by Gasteiger charge is 2.37. The molecule has 0 radical (unpaired) electrons. The molecule has 0 atom stereocenters. The van der Waals surface area contributed by atoms with Crippen LogP contribution in [-0.4, -0.2) is 35.1 Å². The third-order valence-corrected chi connectivity index (χ3v) is 5.12. The van der Waals surface area contributed by atoms with E-state index in [1.165, 1.54) is 5.56 Å². The summed E-state index contributed by atoms with van der Waals surface area (Å²) in [6, 6.07) is 9.52. The zero-order valence-corrected chi connectivity index (χ0v) is 14.1. The van der Waals surface area contributed by atoms with E-state index in [9.17, 15) is 4.79 Å². The molecule has 5 nitrogen and oxygen atoms in total. The first-order valence-corrected chi connectivity index (χ1v) is 8.96. The summed E-state index contributed by atoms with van der Waals surface area (Å²) in [5.74, 6) is 1.30. The number of pyridine rings is 2. The monoisotopic (exact) mass is 338 g/mol. The van der Waals surface area contributed by atoms with Crippen LogP contribution >= 0.6 is 0 Å². The van der Waals surface area contributed by atoms with Crippen LogP contribution in [0.2, 0.25) is 0 Å². The number of ketones is 1. The number of hydrogen-bond acceptors (Lipinski definition) is 5. The maximum absolute atomic E-state index is 12.4. The predicted octanol–water partition coefficient (Wildman–Crippen LogP) is 3.41. The van der Waals surface area contributed by atoms with Crippen molar-refractivity contribution in [1.29, 1.82) is 0 Å². The minimum atomic E-state index is 0.00939. The molecule has 0 unspecified atom stereocenters. The van der Waals surface area contributed by atoms with Gasteiger partial charge in [-0.3, -0.25) is 9.78 Å². The summed E-state index contributed by atoms with van der Waals surface area (Å²) >= 11 is 0. The summed E-state index contributed by atoms with van der Waals surface area (Å²) in [6.07, 6.45) is 6.98. The molecule has 25 heavy (non-hydrogen) atoms. The molecule has 0 spiro atoms. The summed E-state index contributed by atoms with van der Waals surface area (Å²) in [6.45, 7) is 1.59. The van der Waals surface area contributed by atoms with Gasteiger partial charge >= 0.3 is 0 Å². The lowest BCUT2D eigenvalue weighted by atomic mass is 9.78. The number of nitrogens with zero attached hydrogens (tertiary/aromatic N) is 2. The normalized spacial score (nSPS) is 23.7. The Hall–Kier alpha value is -2.27. The Morgan fingerprint density at radius 1 is 1.04 bits per heavy atom. The Labute approximate surface area is 147 Å². The number of rotatable bonds is 5. The van der Waals surface area contributed by atoms with Gasteiger partial charge in [-0.15, -0.1) is 0 Å². The van der Waals surface area contributed by atoms with E-state index in [0.29, 0.717) is 11.6 Å². The second-order valence-corrected chi connectivity index (χ2v) is 6.77. The lowest BCUT2D eigenvalue weighted by Crippen LogP contribution is -2.39. The number of carbonyl (C=O) groups is 1. The Kier molecular flexibility index (Phi) is 4.74. The summed E-state index contributed by atoms with van der Waals surface area (Å²) in [5.41, 5.74) is 1.72. The molecule has 5 heteroatoms. The van der Waals surface area contributed by atoms with Crippen LogP contribution in [0.25, 0.3) is 0 Å². The zero-order chi connectivity index (χ0) is 17.1. The van der Waals surface area contributed by atoms with Gasteiger partial charge in [-0.2, -0.15) is 0 Å². The molecule has 2 fully saturated rings. The van der Waals surface area contributed by atoms with Crippen molar-refractivity contribution in [3.8, 4) is 5.88 Å². The fourth-order valence-corrected chi connectivity index (χ4v) is 3.57. The molecule has 2 aliphatic rings. The van der Waals surface area contributed by atoms with Crippen molar-refractivity contribution < 1.29 is 14.3 Å². The fraction of sp³-hybridized carbons (Fsp3) is 0.450. The van der Waals surface area contributed by atoms with E-state index < -0.39 is 0 Å². The Morgan fingerprint density at radius 2 is 1.84 bits per heavy atom. The van der Waals surface area contributed by atoms with Crippen molar-refractivity contribution in [2.45, 2.75) is 37.7 Å². The molecule has 4 rings (SSSR count). The smallest absolute Gasteiger partial charge is 0.217 e. The van der Waals surface area contributed by atoms with Crippen molar-refractivity contribution in [2.24, 2.45) is 5.92 Å². The zero-order valence-electron chi connectivity index (χ0n) is 14.1. The molecule has 0 amide bonds. The molecule has 2 aromatic heterocycles. The lowest BCUT2D eigenvalue weighted by Gasteiger charge is -2.34. The molecule has 0 bridgehead atoms. The Morgan fingerprint density at radius 3 is 2.60 bits per heavy atom. The maximum atomic E-state index is 12.4. The topological polar surface area (TPSA) is 61.3 Å². The molecular weight excluding hydrogens is 316 g/mol. The van der Waals surface area contributed by atoms with E-state index in [0.717, 1.165) is 44.8 Å². The number of ether oxygens (including phenoxy) is 2. The molecule has 0 aromatic carbocycles. The molecule has 1 saturated carbocycles. The molecule has 1 aliphatic carbocycles. The standard InChI is InChI=1S/C20H22N2O3/c23-19(18-5-1-2-8-21-18)15-12-16(13-15)25-20-17(4-3-9-22-20)14-6-10-24-11-7-14/h1-5,8-9,14-16H,6-7,10-13H2. The molecular formula is C20H22N2O3. The Bertz CT molecular complexity index is 723. The third-order valence-electron chi connectivity index (χ3n) is 5.12. The summed E-state index contributed by atoms with van der Waals surface area (Å²) in [5, 5.41) is 0. The van der Waals surface area contributed by atoms with Crippen LogP contribution in [0.15, 0.2) is 42.7 Å². The second kappa shape index (κ2) is 7.31. The average Bonchev–Trinajstić information content (AvgIpc) is 2.65. The molecule has 2 aromatic rings. The van der Waals surface area contributed by atoms with E-state index >= 15 is 0 Å². The van der Waals surface area contributed by atoms with Gasteiger partial charge in [0.05, 0.1) is 0 Å². The lowest BCUT2D eigenvalue weighted by molar-refractivity contribution is 0.0452. The first kappa shape index (κ1) is 16.2. The fourth-order valence-electron chi connectivity index (χ4n) is 3.57. The van der Waals surface area contributed by atoms with Gasteiger partial charge in [0.15, 0.2) is 5.78 Å². The molecule has 0 N–H and O–H groups in total. The molecule has 3 heterocycles. The summed E-state index contributed by atoms with van der Waals surface area (Å²) < 4.78 is 11.6. The Balaban J connectivity index is 1.37. The number of aromatic nitrogens is 2. The van der Waals surface area contributed by atoms with Crippen LogP contribution in [0.3, 0.4) is 0 Å². The van der Waals surface area contributed by atoms with Crippen LogP contribution in [0.1, 0.15) is 47.7 Å². The van der Waals surface area contributed by atoms with Crippen molar-refractivity contribution >= 4 is 5.78 Å². The van der Waals surface area contributed by atoms with Gasteiger partial charge < -0.3 is 9.47 Å². The quantitative estimate of drug-likeness (QED) is 0.782.